The lowest BCUT2D eigenvalue weighted by molar-refractivity contribution is -0.118. The molecule has 0 unspecified atom stereocenters. The van der Waals surface area contributed by atoms with E-state index in [0.717, 1.165) is 10.4 Å². The van der Waals surface area contributed by atoms with Crippen LogP contribution < -0.4 is 15.4 Å². The third kappa shape index (κ3) is 3.42. The highest BCUT2D eigenvalue weighted by molar-refractivity contribution is 7.17. The Hall–Kier alpha value is -2.83. The summed E-state index contributed by atoms with van der Waals surface area (Å²) in [5, 5.41) is 6.21. The smallest absolute Gasteiger partial charge is 0.265 e. The number of fused-ring (bicyclic) bond motifs is 1. The van der Waals surface area contributed by atoms with Crippen molar-refractivity contribution in [1.29, 1.82) is 0 Å². The van der Waals surface area contributed by atoms with Crippen LogP contribution >= 0.6 is 22.9 Å². The molecule has 1 aliphatic heterocycles. The van der Waals surface area contributed by atoms with Gasteiger partial charge in [-0.25, -0.2) is 0 Å². The molecule has 7 heteroatoms. The van der Waals surface area contributed by atoms with Crippen LogP contribution in [0.4, 0.5) is 11.4 Å². The van der Waals surface area contributed by atoms with Crippen molar-refractivity contribution in [1.82, 2.24) is 0 Å². The van der Waals surface area contributed by atoms with Crippen LogP contribution in [0.1, 0.15) is 9.67 Å². The van der Waals surface area contributed by atoms with E-state index in [1.165, 1.54) is 11.3 Å². The summed E-state index contributed by atoms with van der Waals surface area (Å²) < 4.78 is 5.31. The molecule has 2 N–H and O–H groups in total. The number of thiophene rings is 1. The minimum absolute atomic E-state index is 0.000179. The molecule has 0 spiro atoms. The Labute approximate surface area is 158 Å². The first-order chi connectivity index (χ1) is 12.6. The number of hydrogen-bond acceptors (Lipinski definition) is 4. The molecule has 4 rings (SSSR count). The minimum Gasteiger partial charge on any atom is -0.482 e. The van der Waals surface area contributed by atoms with E-state index in [9.17, 15) is 9.59 Å². The highest BCUT2D eigenvalue weighted by atomic mass is 35.5. The van der Waals surface area contributed by atoms with E-state index in [1.807, 2.05) is 30.3 Å². The van der Waals surface area contributed by atoms with Gasteiger partial charge in [0.2, 0.25) is 0 Å². The van der Waals surface area contributed by atoms with Gasteiger partial charge in [0, 0.05) is 15.6 Å². The second-order valence-corrected chi connectivity index (χ2v) is 7.20. The van der Waals surface area contributed by atoms with E-state index in [2.05, 4.69) is 10.6 Å². The van der Waals surface area contributed by atoms with Gasteiger partial charge in [-0.3, -0.25) is 9.59 Å². The monoisotopic (exact) mass is 384 g/mol. The Morgan fingerprint density at radius 2 is 2.04 bits per heavy atom. The minimum atomic E-state index is -0.217. The van der Waals surface area contributed by atoms with Crippen LogP contribution in [-0.4, -0.2) is 18.4 Å². The quantitative estimate of drug-likeness (QED) is 0.690. The van der Waals surface area contributed by atoms with Gasteiger partial charge in [0.05, 0.1) is 10.6 Å². The number of benzene rings is 2. The predicted molar refractivity (Wildman–Crippen MR) is 103 cm³/mol. The number of hydrogen-bond donors (Lipinski definition) is 2. The van der Waals surface area contributed by atoms with Gasteiger partial charge in [-0.15, -0.1) is 11.3 Å². The summed E-state index contributed by atoms with van der Waals surface area (Å²) in [6, 6.07) is 16.3. The molecule has 26 heavy (non-hydrogen) atoms. The fourth-order valence-electron chi connectivity index (χ4n) is 2.61. The number of carbonyl (C=O) groups excluding carboxylic acids is 2. The molecule has 3 aromatic rings. The standard InChI is InChI=1S/C19H13ClN2O3S/c20-12-3-1-2-11(8-12)16-6-7-17(26-16)19(24)21-13-4-5-15-14(9-13)22-18(23)10-25-15/h1-9H,10H2,(H,21,24)(H,22,23). The van der Waals surface area contributed by atoms with E-state index >= 15 is 0 Å². The first-order valence-corrected chi connectivity index (χ1v) is 9.02. The Balaban J connectivity index is 1.52. The van der Waals surface area contributed by atoms with Gasteiger partial charge in [-0.2, -0.15) is 0 Å². The Bertz CT molecular complexity index is 1020. The van der Waals surface area contributed by atoms with Crippen LogP contribution in [0.3, 0.4) is 0 Å². The number of halogens is 1. The van der Waals surface area contributed by atoms with Crippen LogP contribution in [0.5, 0.6) is 5.75 Å². The van der Waals surface area contributed by atoms with Crippen LogP contribution in [0.2, 0.25) is 5.02 Å². The Morgan fingerprint density at radius 1 is 1.15 bits per heavy atom. The molecule has 0 saturated heterocycles. The molecule has 130 valence electrons. The molecular formula is C19H13ClN2O3S. The van der Waals surface area contributed by atoms with E-state index in [4.69, 9.17) is 16.3 Å². The maximum atomic E-state index is 12.5. The first-order valence-electron chi connectivity index (χ1n) is 7.82. The molecule has 0 saturated carbocycles. The van der Waals surface area contributed by atoms with Gasteiger partial charge in [-0.1, -0.05) is 23.7 Å². The predicted octanol–water partition coefficient (Wildman–Crippen LogP) is 4.65. The lowest BCUT2D eigenvalue weighted by Crippen LogP contribution is -2.25. The van der Waals surface area contributed by atoms with Gasteiger partial charge in [-0.05, 0) is 48.0 Å². The zero-order chi connectivity index (χ0) is 18.1. The van der Waals surface area contributed by atoms with Crippen molar-refractivity contribution in [3.05, 3.63) is 64.5 Å². The maximum Gasteiger partial charge on any atom is 0.265 e. The number of ether oxygens (including phenoxy) is 1. The zero-order valence-corrected chi connectivity index (χ0v) is 15.0. The van der Waals surface area contributed by atoms with E-state index in [-0.39, 0.29) is 18.4 Å². The average molecular weight is 385 g/mol. The summed E-state index contributed by atoms with van der Waals surface area (Å²) >= 11 is 7.41. The van der Waals surface area contributed by atoms with Gasteiger partial charge < -0.3 is 15.4 Å². The van der Waals surface area contributed by atoms with Gasteiger partial charge in [0.25, 0.3) is 11.8 Å². The third-order valence-electron chi connectivity index (χ3n) is 3.81. The van der Waals surface area contributed by atoms with Crippen molar-refractivity contribution in [2.24, 2.45) is 0 Å². The largest absolute Gasteiger partial charge is 0.482 e. The summed E-state index contributed by atoms with van der Waals surface area (Å²) in [6.45, 7) is 0.000179. The third-order valence-corrected chi connectivity index (χ3v) is 5.18. The normalized spacial score (nSPS) is 12.7. The fraction of sp³-hybridized carbons (Fsp3) is 0.0526. The summed E-state index contributed by atoms with van der Waals surface area (Å²) in [5.74, 6) is 0.152. The highest BCUT2D eigenvalue weighted by Gasteiger charge is 2.17. The molecule has 2 heterocycles. The molecule has 1 aliphatic rings. The SMILES string of the molecule is O=C1COc2ccc(NC(=O)c3ccc(-c4cccc(Cl)c4)s3)cc2N1. The first kappa shape index (κ1) is 16.6. The summed E-state index contributed by atoms with van der Waals surface area (Å²) in [4.78, 5) is 25.5. The van der Waals surface area contributed by atoms with Crippen LogP contribution in [0.25, 0.3) is 10.4 Å². The summed E-state index contributed by atoms with van der Waals surface area (Å²) in [7, 11) is 0. The Kier molecular flexibility index (Phi) is 4.36. The van der Waals surface area contributed by atoms with Crippen LogP contribution in [0, 0.1) is 0 Å². The van der Waals surface area contributed by atoms with E-state index in [0.29, 0.717) is 27.0 Å². The molecule has 0 atom stereocenters. The van der Waals surface area contributed by atoms with Crippen molar-refractivity contribution in [3.8, 4) is 16.2 Å². The fourth-order valence-corrected chi connectivity index (χ4v) is 3.70. The molecule has 0 bridgehead atoms. The lowest BCUT2D eigenvalue weighted by Gasteiger charge is -2.18. The molecule has 0 radical (unpaired) electrons. The molecule has 2 amide bonds. The molecular weight excluding hydrogens is 372 g/mol. The lowest BCUT2D eigenvalue weighted by atomic mass is 10.2. The number of rotatable bonds is 3. The second kappa shape index (κ2) is 6.82. The zero-order valence-electron chi connectivity index (χ0n) is 13.4. The average Bonchev–Trinajstić information content (AvgIpc) is 3.12. The molecule has 1 aromatic heterocycles. The van der Waals surface area contributed by atoms with Gasteiger partial charge >= 0.3 is 0 Å². The van der Waals surface area contributed by atoms with Crippen LogP contribution in [0.15, 0.2) is 54.6 Å². The van der Waals surface area contributed by atoms with Crippen molar-refractivity contribution in [2.45, 2.75) is 0 Å². The number of carbonyl (C=O) groups is 2. The van der Waals surface area contributed by atoms with Crippen LogP contribution in [-0.2, 0) is 4.79 Å². The highest BCUT2D eigenvalue weighted by Crippen LogP contribution is 2.32. The van der Waals surface area contributed by atoms with Gasteiger partial charge in [0.15, 0.2) is 6.61 Å². The summed E-state index contributed by atoms with van der Waals surface area (Å²) in [5.41, 5.74) is 2.09. The second-order valence-electron chi connectivity index (χ2n) is 5.68. The van der Waals surface area contributed by atoms with Crippen molar-refractivity contribution in [3.63, 3.8) is 0 Å². The number of nitrogens with one attached hydrogen (secondary N) is 2. The maximum absolute atomic E-state index is 12.5. The molecule has 2 aromatic carbocycles. The topological polar surface area (TPSA) is 67.4 Å². The van der Waals surface area contributed by atoms with Gasteiger partial charge in [0.1, 0.15) is 5.75 Å². The van der Waals surface area contributed by atoms with E-state index in [1.54, 1.807) is 24.3 Å². The van der Waals surface area contributed by atoms with E-state index < -0.39 is 0 Å². The number of anilines is 2. The summed E-state index contributed by atoms with van der Waals surface area (Å²) in [6.07, 6.45) is 0. The van der Waals surface area contributed by atoms with Crippen molar-refractivity contribution < 1.29 is 14.3 Å². The van der Waals surface area contributed by atoms with Crippen molar-refractivity contribution in [2.75, 3.05) is 17.2 Å². The molecule has 0 fully saturated rings. The number of amides is 2. The molecule has 0 aliphatic carbocycles. The Morgan fingerprint density at radius 3 is 2.88 bits per heavy atom. The van der Waals surface area contributed by atoms with Crippen molar-refractivity contribution >= 4 is 46.1 Å². The molecule has 5 nitrogen and oxygen atoms in total.